The van der Waals surface area contributed by atoms with Crippen LogP contribution in [-0.4, -0.2) is 17.9 Å². The lowest BCUT2D eigenvalue weighted by molar-refractivity contribution is -0.111. The maximum atomic E-state index is 12.3. The second kappa shape index (κ2) is 10.0. The van der Waals surface area contributed by atoms with Crippen molar-refractivity contribution < 1.29 is 18.0 Å². The van der Waals surface area contributed by atoms with E-state index in [4.69, 9.17) is 5.73 Å². The zero-order chi connectivity index (χ0) is 21.4. The van der Waals surface area contributed by atoms with Crippen molar-refractivity contribution in [2.45, 2.75) is 31.3 Å². The highest BCUT2D eigenvalue weighted by Crippen LogP contribution is 2.28. The minimum absolute atomic E-state index is 0.512. The van der Waals surface area contributed by atoms with Gasteiger partial charge >= 0.3 is 6.18 Å². The first-order chi connectivity index (χ1) is 13.7. The van der Waals surface area contributed by atoms with E-state index in [0.29, 0.717) is 11.9 Å². The molecule has 0 aliphatic carbocycles. The Morgan fingerprint density at radius 2 is 1.83 bits per heavy atom. The van der Waals surface area contributed by atoms with Gasteiger partial charge in [0.2, 0.25) is 11.7 Å². The predicted octanol–water partition coefficient (Wildman–Crippen LogP) is 5.05. The number of carbonyl (C=O) groups excluding carboxylic acids is 1. The van der Waals surface area contributed by atoms with Crippen LogP contribution in [0.15, 0.2) is 64.6 Å². The van der Waals surface area contributed by atoms with Gasteiger partial charge in [-0.25, -0.2) is 4.99 Å². The van der Waals surface area contributed by atoms with Crippen molar-refractivity contribution >= 4 is 35.1 Å². The summed E-state index contributed by atoms with van der Waals surface area (Å²) in [6.07, 6.45) is -2.33. The van der Waals surface area contributed by atoms with Crippen molar-refractivity contribution in [2.75, 3.05) is 10.0 Å². The number of benzene rings is 2. The van der Waals surface area contributed by atoms with Crippen molar-refractivity contribution in [3.63, 3.8) is 0 Å². The van der Waals surface area contributed by atoms with Gasteiger partial charge in [-0.1, -0.05) is 30.7 Å². The normalized spacial score (nSPS) is 12.2. The van der Waals surface area contributed by atoms with Gasteiger partial charge in [-0.3, -0.25) is 4.79 Å². The summed E-state index contributed by atoms with van der Waals surface area (Å²) in [6.45, 7) is 4.03. The third-order valence-electron chi connectivity index (χ3n) is 3.78. The molecule has 2 aromatic carbocycles. The summed E-state index contributed by atoms with van der Waals surface area (Å²) in [4.78, 5) is 15.8. The molecule has 29 heavy (non-hydrogen) atoms. The average Bonchev–Trinajstić information content (AvgIpc) is 2.67. The molecule has 0 bridgehead atoms. The molecule has 0 spiro atoms. The van der Waals surface area contributed by atoms with Crippen LogP contribution in [0.4, 0.5) is 24.5 Å². The molecule has 154 valence electrons. The molecule has 5 nitrogen and oxygen atoms in total. The molecule has 0 aromatic heterocycles. The third kappa shape index (κ3) is 7.19. The van der Waals surface area contributed by atoms with Crippen molar-refractivity contribution in [2.24, 2.45) is 10.7 Å². The van der Waals surface area contributed by atoms with Gasteiger partial charge in [0.1, 0.15) is 0 Å². The number of aliphatic imine (C=N–C) groups is 1. The smallest absolute Gasteiger partial charge is 0.380 e. The lowest BCUT2D eigenvalue weighted by Gasteiger charge is -2.12. The van der Waals surface area contributed by atoms with E-state index < -0.39 is 17.9 Å². The van der Waals surface area contributed by atoms with Gasteiger partial charge in [0.25, 0.3) is 0 Å². The lowest BCUT2D eigenvalue weighted by Crippen LogP contribution is -2.30. The number of amides is 1. The Kier molecular flexibility index (Phi) is 7.72. The molecule has 0 radical (unpaired) electrons. The van der Waals surface area contributed by atoms with Gasteiger partial charge in [0.05, 0.1) is 0 Å². The highest BCUT2D eigenvalue weighted by molar-refractivity contribution is 8.00. The molecule has 0 saturated heterocycles. The van der Waals surface area contributed by atoms with Crippen molar-refractivity contribution in [1.82, 2.24) is 0 Å². The van der Waals surface area contributed by atoms with Crippen molar-refractivity contribution in [1.29, 1.82) is 0 Å². The topological polar surface area (TPSA) is 79.5 Å². The SMILES string of the molecule is CCc1ccc(NC(=O)/C=C/N=C(N)C(F)(F)F)cc1SNc1ccc(C)cc1. The van der Waals surface area contributed by atoms with Gasteiger partial charge in [-0.2, -0.15) is 13.2 Å². The highest BCUT2D eigenvalue weighted by Gasteiger charge is 2.33. The first-order valence-electron chi connectivity index (χ1n) is 8.69. The number of anilines is 2. The number of halogens is 3. The van der Waals surface area contributed by atoms with E-state index in [1.165, 1.54) is 11.9 Å². The van der Waals surface area contributed by atoms with Crippen molar-refractivity contribution in [3.8, 4) is 0 Å². The number of nitrogens with two attached hydrogens (primary N) is 1. The van der Waals surface area contributed by atoms with E-state index in [2.05, 4.69) is 15.0 Å². The number of aryl methyl sites for hydroxylation is 2. The number of nitrogens with one attached hydrogen (secondary N) is 2. The monoisotopic (exact) mass is 422 g/mol. The Bertz CT molecular complexity index is 909. The molecule has 0 fully saturated rings. The summed E-state index contributed by atoms with van der Waals surface area (Å²) < 4.78 is 40.0. The van der Waals surface area contributed by atoms with Crippen LogP contribution in [0.25, 0.3) is 0 Å². The summed E-state index contributed by atoms with van der Waals surface area (Å²) in [7, 11) is 0. The molecule has 0 atom stereocenters. The predicted molar refractivity (Wildman–Crippen MR) is 112 cm³/mol. The summed E-state index contributed by atoms with van der Waals surface area (Å²) in [5.41, 5.74) is 8.47. The molecule has 4 N–H and O–H groups in total. The molecule has 2 rings (SSSR count). The van der Waals surface area contributed by atoms with Crippen LogP contribution in [0.1, 0.15) is 18.1 Å². The summed E-state index contributed by atoms with van der Waals surface area (Å²) >= 11 is 1.41. The van der Waals surface area contributed by atoms with Gasteiger partial charge in [-0.15, -0.1) is 0 Å². The molecule has 0 aliphatic heterocycles. The number of carbonyl (C=O) groups is 1. The molecule has 9 heteroatoms. The molecule has 0 saturated carbocycles. The molecule has 0 unspecified atom stereocenters. The van der Waals surface area contributed by atoms with Gasteiger partial charge in [0.15, 0.2) is 0 Å². The number of alkyl halides is 3. The van der Waals surface area contributed by atoms with Gasteiger partial charge in [-0.05, 0) is 55.1 Å². The summed E-state index contributed by atoms with van der Waals surface area (Å²) in [6, 6.07) is 13.4. The lowest BCUT2D eigenvalue weighted by atomic mass is 10.1. The van der Waals surface area contributed by atoms with Gasteiger partial charge in [0, 0.05) is 28.5 Å². The second-order valence-electron chi connectivity index (χ2n) is 6.06. The van der Waals surface area contributed by atoms with Crippen LogP contribution in [0.3, 0.4) is 0 Å². The second-order valence-corrected chi connectivity index (χ2v) is 6.91. The first kappa shape index (κ1) is 22.4. The van der Waals surface area contributed by atoms with E-state index in [9.17, 15) is 18.0 Å². The number of rotatable bonds is 7. The van der Waals surface area contributed by atoms with E-state index in [0.717, 1.165) is 34.2 Å². The number of nitrogens with zero attached hydrogens (tertiary/aromatic N) is 1. The molecular formula is C20H21F3N4OS. The van der Waals surface area contributed by atoms with Crippen LogP contribution in [0.2, 0.25) is 0 Å². The van der Waals surface area contributed by atoms with E-state index >= 15 is 0 Å². The third-order valence-corrected chi connectivity index (χ3v) is 4.71. The number of hydrogen-bond donors (Lipinski definition) is 3. The maximum absolute atomic E-state index is 12.3. The zero-order valence-corrected chi connectivity index (χ0v) is 16.7. The van der Waals surface area contributed by atoms with Crippen LogP contribution in [0.5, 0.6) is 0 Å². The number of amidine groups is 1. The molecular weight excluding hydrogens is 401 g/mol. The molecule has 2 aromatic rings. The highest BCUT2D eigenvalue weighted by atomic mass is 32.2. The Balaban J connectivity index is 2.05. The summed E-state index contributed by atoms with van der Waals surface area (Å²) in [5.74, 6) is -2.13. The van der Waals surface area contributed by atoms with Crippen molar-refractivity contribution in [3.05, 3.63) is 65.9 Å². The van der Waals surface area contributed by atoms with Crippen LogP contribution < -0.4 is 15.8 Å². The van der Waals surface area contributed by atoms with E-state index in [-0.39, 0.29) is 0 Å². The zero-order valence-electron chi connectivity index (χ0n) is 15.9. The Morgan fingerprint density at radius 3 is 2.45 bits per heavy atom. The standard InChI is InChI=1S/C20H21F3N4OS/c1-3-14-6-9-16(26-18(28)10-11-25-19(24)20(21,22)23)12-17(14)29-27-15-7-4-13(2)5-8-15/h4-12,27H,3H2,1-2H3,(H2,24,25)(H,26,28)/b11-10+. The maximum Gasteiger partial charge on any atom is 0.448 e. The number of hydrogen-bond acceptors (Lipinski definition) is 4. The van der Waals surface area contributed by atoms with Gasteiger partial charge < -0.3 is 15.8 Å². The minimum atomic E-state index is -4.73. The summed E-state index contributed by atoms with van der Waals surface area (Å²) in [5, 5.41) is 2.59. The van der Waals surface area contributed by atoms with Crippen LogP contribution in [0, 0.1) is 6.92 Å². The van der Waals surface area contributed by atoms with Crippen LogP contribution in [-0.2, 0) is 11.2 Å². The Morgan fingerprint density at radius 1 is 1.17 bits per heavy atom. The largest absolute Gasteiger partial charge is 0.448 e. The quantitative estimate of drug-likeness (QED) is 0.253. The average molecular weight is 422 g/mol. The molecule has 1 amide bonds. The molecule has 0 aliphatic rings. The minimum Gasteiger partial charge on any atom is -0.380 e. The fourth-order valence-electron chi connectivity index (χ4n) is 2.20. The molecule has 0 heterocycles. The Hall–Kier alpha value is -2.94. The van der Waals surface area contributed by atoms with E-state index in [1.54, 1.807) is 12.1 Å². The fraction of sp³-hybridized carbons (Fsp3) is 0.200. The fourth-order valence-corrected chi connectivity index (χ4v) is 3.09. The first-order valence-corrected chi connectivity index (χ1v) is 9.51. The Labute approximate surface area is 171 Å². The van der Waals surface area contributed by atoms with Crippen LogP contribution >= 0.6 is 11.9 Å². The van der Waals surface area contributed by atoms with E-state index in [1.807, 2.05) is 44.2 Å².